The molecule has 0 saturated heterocycles. The molecule has 0 spiro atoms. The molecule has 4 rings (SSSR count). The van der Waals surface area contributed by atoms with Crippen molar-refractivity contribution < 1.29 is 28.8 Å². The summed E-state index contributed by atoms with van der Waals surface area (Å²) in [6, 6.07) is 10.1. The monoisotopic (exact) mass is 491 g/mol. The number of hydrogen-bond donors (Lipinski definition) is 1. The molecule has 1 aliphatic heterocycles. The van der Waals surface area contributed by atoms with Gasteiger partial charge in [-0.1, -0.05) is 48.2 Å². The summed E-state index contributed by atoms with van der Waals surface area (Å²) < 4.78 is 22.6. The molecule has 3 unspecified atom stereocenters. The summed E-state index contributed by atoms with van der Waals surface area (Å²) >= 11 is 0. The number of phenols is 1. The van der Waals surface area contributed by atoms with Crippen LogP contribution in [0.15, 0.2) is 78.0 Å². The molecule has 1 heterocycles. The predicted molar refractivity (Wildman–Crippen MR) is 134 cm³/mol. The minimum absolute atomic E-state index is 0.0429. The van der Waals surface area contributed by atoms with Gasteiger partial charge in [0, 0.05) is 18.1 Å². The highest BCUT2D eigenvalue weighted by atomic mass is 16.5. The van der Waals surface area contributed by atoms with Crippen LogP contribution in [0.1, 0.15) is 24.5 Å². The van der Waals surface area contributed by atoms with Crippen LogP contribution in [0.25, 0.3) is 0 Å². The Morgan fingerprint density at radius 3 is 2.42 bits per heavy atom. The van der Waals surface area contributed by atoms with Gasteiger partial charge in [-0.2, -0.15) is 0 Å². The summed E-state index contributed by atoms with van der Waals surface area (Å²) in [5.41, 5.74) is -1.65. The number of aromatic hydroxyl groups is 1. The van der Waals surface area contributed by atoms with Gasteiger partial charge in [0.15, 0.2) is 11.1 Å². The van der Waals surface area contributed by atoms with Crippen molar-refractivity contribution in [2.45, 2.75) is 24.5 Å². The minimum Gasteiger partial charge on any atom is -0.507 e. The summed E-state index contributed by atoms with van der Waals surface area (Å²) in [5.74, 6) is -1.03. The van der Waals surface area contributed by atoms with Crippen LogP contribution in [0.4, 0.5) is 0 Å². The number of carbonyl (C=O) groups excluding carboxylic acids is 1. The highest BCUT2D eigenvalue weighted by molar-refractivity contribution is 5.77. The number of esters is 1. The maximum Gasteiger partial charge on any atom is 0.309 e. The van der Waals surface area contributed by atoms with E-state index < -0.39 is 28.9 Å². The van der Waals surface area contributed by atoms with Crippen LogP contribution in [0.3, 0.4) is 0 Å². The molecule has 1 fully saturated rings. The van der Waals surface area contributed by atoms with Gasteiger partial charge in [0.1, 0.15) is 23.0 Å². The second kappa shape index (κ2) is 9.53. The Balaban J connectivity index is 2.13. The number of allylic oxidation sites excluding steroid dienone is 4. The number of ether oxygens (including phenoxy) is 4. The summed E-state index contributed by atoms with van der Waals surface area (Å²) in [5, 5.41) is 14.8. The normalized spacial score (nSPS) is 26.6. The SMILES string of the molecule is C=C/C=C(\C=C/C)[C@H]1C(C(=O)OC)CC2(N=O)c3c(O)cc(OC)cc3OC12c1ccc(OC)cc1. The number of fused-ring (bicyclic) bond motifs is 3. The smallest absolute Gasteiger partial charge is 0.309 e. The lowest BCUT2D eigenvalue weighted by Gasteiger charge is -2.40. The zero-order valence-corrected chi connectivity index (χ0v) is 20.7. The Morgan fingerprint density at radius 1 is 1.17 bits per heavy atom. The molecule has 8 nitrogen and oxygen atoms in total. The molecule has 0 amide bonds. The summed E-state index contributed by atoms with van der Waals surface area (Å²) in [7, 11) is 4.33. The van der Waals surface area contributed by atoms with Crippen molar-refractivity contribution in [3.63, 3.8) is 0 Å². The molecule has 1 saturated carbocycles. The largest absolute Gasteiger partial charge is 0.507 e. The van der Waals surface area contributed by atoms with Crippen molar-refractivity contribution in [2.75, 3.05) is 21.3 Å². The Bertz CT molecular complexity index is 1250. The molecule has 2 aromatic carbocycles. The Morgan fingerprint density at radius 2 is 1.86 bits per heavy atom. The van der Waals surface area contributed by atoms with Gasteiger partial charge in [-0.3, -0.25) is 4.79 Å². The van der Waals surface area contributed by atoms with E-state index in [4.69, 9.17) is 18.9 Å². The van der Waals surface area contributed by atoms with Crippen LogP contribution < -0.4 is 14.2 Å². The van der Waals surface area contributed by atoms with Gasteiger partial charge >= 0.3 is 5.97 Å². The molecule has 188 valence electrons. The Hall–Kier alpha value is -4.07. The van der Waals surface area contributed by atoms with E-state index in [0.717, 1.165) is 0 Å². The fraction of sp³-hybridized carbons (Fsp3) is 0.321. The summed E-state index contributed by atoms with van der Waals surface area (Å²) in [6.07, 6.45) is 7.03. The summed E-state index contributed by atoms with van der Waals surface area (Å²) in [6.45, 7) is 5.69. The minimum atomic E-state index is -1.65. The second-order valence-corrected chi connectivity index (χ2v) is 8.75. The molecule has 4 atom stereocenters. The number of carbonyl (C=O) groups is 1. The Kier molecular flexibility index (Phi) is 6.63. The molecule has 1 N–H and O–H groups in total. The van der Waals surface area contributed by atoms with E-state index in [9.17, 15) is 14.8 Å². The van der Waals surface area contributed by atoms with Gasteiger partial charge in [0.2, 0.25) is 0 Å². The van der Waals surface area contributed by atoms with Crippen LogP contribution in [0.2, 0.25) is 0 Å². The van der Waals surface area contributed by atoms with Crippen molar-refractivity contribution in [1.82, 2.24) is 0 Å². The quantitative estimate of drug-likeness (QED) is 0.309. The van der Waals surface area contributed by atoms with Crippen LogP contribution in [-0.2, 0) is 20.7 Å². The highest BCUT2D eigenvalue weighted by Crippen LogP contribution is 2.70. The van der Waals surface area contributed by atoms with Crippen LogP contribution in [0, 0.1) is 16.7 Å². The third-order valence-corrected chi connectivity index (χ3v) is 7.15. The van der Waals surface area contributed by atoms with E-state index in [1.807, 2.05) is 19.1 Å². The van der Waals surface area contributed by atoms with E-state index in [0.29, 0.717) is 22.6 Å². The summed E-state index contributed by atoms with van der Waals surface area (Å²) in [4.78, 5) is 26.2. The van der Waals surface area contributed by atoms with Crippen LogP contribution >= 0.6 is 0 Å². The fourth-order valence-corrected chi connectivity index (χ4v) is 5.82. The van der Waals surface area contributed by atoms with Gasteiger partial charge in [-0.15, -0.1) is 4.91 Å². The zero-order valence-electron chi connectivity index (χ0n) is 20.7. The average molecular weight is 492 g/mol. The third kappa shape index (κ3) is 3.39. The zero-order chi connectivity index (χ0) is 26.1. The topological polar surface area (TPSA) is 104 Å². The van der Waals surface area contributed by atoms with Crippen LogP contribution in [-0.4, -0.2) is 32.4 Å². The number of nitroso groups, excluding NO2 is 1. The fourth-order valence-electron chi connectivity index (χ4n) is 5.82. The standard InChI is InChI=1S/C28H29NO7/c1-6-8-17(9-7-2)24-21(26(31)35-5)16-27(29-32)25-22(30)14-20(34-4)15-23(25)36-28(24,27)18-10-12-19(33-3)13-11-18/h6-15,21,24,30H,1,16H2,2-5H3/b9-7-,17-8+/t21?,24-,27?,28?/m0/s1. The van der Waals surface area contributed by atoms with Gasteiger partial charge in [0.05, 0.1) is 32.8 Å². The van der Waals surface area contributed by atoms with Crippen molar-refractivity contribution in [2.24, 2.45) is 17.0 Å². The number of benzene rings is 2. The molecule has 1 aliphatic carbocycles. The Labute approximate surface area is 209 Å². The number of nitrogens with zero attached hydrogens (tertiary/aromatic N) is 1. The molecule has 2 aromatic rings. The van der Waals surface area contributed by atoms with Gasteiger partial charge < -0.3 is 24.1 Å². The van der Waals surface area contributed by atoms with E-state index in [1.165, 1.54) is 20.3 Å². The van der Waals surface area contributed by atoms with E-state index in [1.54, 1.807) is 49.6 Å². The number of rotatable bonds is 8. The lowest BCUT2D eigenvalue weighted by atomic mass is 9.69. The first-order valence-electron chi connectivity index (χ1n) is 11.5. The predicted octanol–water partition coefficient (Wildman–Crippen LogP) is 5.16. The maximum absolute atomic E-state index is 13.2. The number of hydrogen-bond acceptors (Lipinski definition) is 8. The molecular weight excluding hydrogens is 462 g/mol. The lowest BCUT2D eigenvalue weighted by molar-refractivity contribution is -0.147. The van der Waals surface area contributed by atoms with Gasteiger partial charge in [-0.05, 0) is 36.6 Å². The molecular formula is C28H29NO7. The van der Waals surface area contributed by atoms with Crippen molar-refractivity contribution in [3.05, 3.63) is 88.9 Å². The first-order chi connectivity index (χ1) is 17.4. The first kappa shape index (κ1) is 25.0. The maximum atomic E-state index is 13.2. The number of phenolic OH excluding ortho intramolecular Hbond substituents is 1. The first-order valence-corrected chi connectivity index (χ1v) is 11.5. The molecule has 0 aromatic heterocycles. The lowest BCUT2D eigenvalue weighted by Crippen LogP contribution is -2.48. The van der Waals surface area contributed by atoms with Crippen molar-refractivity contribution >= 4 is 5.97 Å². The molecule has 0 bridgehead atoms. The molecule has 8 heteroatoms. The molecule has 2 aliphatic rings. The van der Waals surface area contributed by atoms with E-state index >= 15 is 0 Å². The molecule has 0 radical (unpaired) electrons. The third-order valence-electron chi connectivity index (χ3n) is 7.15. The second-order valence-electron chi connectivity index (χ2n) is 8.75. The number of methoxy groups -OCH3 is 3. The van der Waals surface area contributed by atoms with Gasteiger partial charge in [0.25, 0.3) is 0 Å². The highest BCUT2D eigenvalue weighted by Gasteiger charge is 2.75. The van der Waals surface area contributed by atoms with E-state index in [2.05, 4.69) is 11.8 Å². The van der Waals surface area contributed by atoms with Crippen molar-refractivity contribution in [1.29, 1.82) is 0 Å². The van der Waals surface area contributed by atoms with Gasteiger partial charge in [-0.25, -0.2) is 0 Å². The average Bonchev–Trinajstić information content (AvgIpc) is 3.34. The van der Waals surface area contributed by atoms with Crippen LogP contribution in [0.5, 0.6) is 23.0 Å². The van der Waals surface area contributed by atoms with E-state index in [-0.39, 0.29) is 23.5 Å². The van der Waals surface area contributed by atoms with Crippen molar-refractivity contribution in [3.8, 4) is 23.0 Å². The molecule has 36 heavy (non-hydrogen) atoms.